The van der Waals surface area contributed by atoms with Gasteiger partial charge < -0.3 is 29.0 Å². The van der Waals surface area contributed by atoms with E-state index in [0.29, 0.717) is 16.9 Å². The summed E-state index contributed by atoms with van der Waals surface area (Å²) < 4.78 is 110. The van der Waals surface area contributed by atoms with Gasteiger partial charge in [0, 0.05) is 28.2 Å². The molecule has 0 fully saturated rings. The van der Waals surface area contributed by atoms with Crippen molar-refractivity contribution in [3.8, 4) is 5.75 Å². The molecular formula is C27H19ClK3N7O10S3. The molecule has 5 rings (SSSR count). The predicted molar refractivity (Wildman–Crippen MR) is 168 cm³/mol. The number of rotatable bonds is 10. The van der Waals surface area contributed by atoms with Gasteiger partial charge in [0.05, 0.1) is 27.5 Å². The molecule has 0 bridgehead atoms. The number of halogens is 1. The van der Waals surface area contributed by atoms with Gasteiger partial charge in [-0.25, -0.2) is 25.3 Å². The zero-order chi connectivity index (χ0) is 35.0. The number of benzene rings is 4. The van der Waals surface area contributed by atoms with Gasteiger partial charge in [-0.05, 0) is 72.6 Å². The monoisotopic (exact) mass is 849 g/mol. The van der Waals surface area contributed by atoms with E-state index in [-0.39, 0.29) is 199 Å². The van der Waals surface area contributed by atoms with Gasteiger partial charge in [0.25, 0.3) is 0 Å². The van der Waals surface area contributed by atoms with Crippen LogP contribution in [0, 0.1) is 6.92 Å². The van der Waals surface area contributed by atoms with Crippen molar-refractivity contribution in [2.75, 3.05) is 17.7 Å². The number of azo groups is 1. The molecule has 0 radical (unpaired) electrons. The molecule has 1 aromatic heterocycles. The molecule has 4 aromatic carbocycles. The number of fused-ring (bicyclic) bond motifs is 1. The number of hydrogen-bond donors (Lipinski definition) is 2. The van der Waals surface area contributed by atoms with Crippen LogP contribution in [0.4, 0.5) is 34.6 Å². The molecule has 0 aliphatic heterocycles. The van der Waals surface area contributed by atoms with Crippen molar-refractivity contribution in [1.82, 2.24) is 15.0 Å². The molecule has 0 amide bonds. The van der Waals surface area contributed by atoms with Gasteiger partial charge in [-0.2, -0.15) is 20.1 Å². The first-order valence-electron chi connectivity index (χ1n) is 13.0. The summed E-state index contributed by atoms with van der Waals surface area (Å²) in [6.07, 6.45) is 0. The Kier molecular flexibility index (Phi) is 17.9. The number of hydrogen-bond acceptors (Lipinski definition) is 17. The summed E-state index contributed by atoms with van der Waals surface area (Å²) in [6, 6.07) is 13.2. The minimum atomic E-state index is -5.13. The normalized spacial score (nSPS) is 11.6. The largest absolute Gasteiger partial charge is 1.00 e. The molecule has 24 heteroatoms. The Balaban J connectivity index is 0.00000300. The fourth-order valence-corrected chi connectivity index (χ4v) is 6.39. The fraction of sp³-hybridized carbons (Fsp3) is 0.0741. The summed E-state index contributed by atoms with van der Waals surface area (Å²) in [5.74, 6) is 0.120. The third-order valence-electron chi connectivity index (χ3n) is 6.49. The van der Waals surface area contributed by atoms with E-state index < -0.39 is 45.0 Å². The predicted octanol–water partition coefficient (Wildman–Crippen LogP) is -4.38. The van der Waals surface area contributed by atoms with Gasteiger partial charge in [-0.1, -0.05) is 12.1 Å². The smallest absolute Gasteiger partial charge is 0.744 e. The van der Waals surface area contributed by atoms with Crippen LogP contribution < -0.4 is 170 Å². The Morgan fingerprint density at radius 2 is 1.31 bits per heavy atom. The minimum absolute atomic E-state index is 0. The number of ether oxygens (including phenoxy) is 1. The average Bonchev–Trinajstić information content (AvgIpc) is 2.99. The Bertz CT molecular complexity index is 2460. The summed E-state index contributed by atoms with van der Waals surface area (Å²) in [4.78, 5) is 10.3. The summed E-state index contributed by atoms with van der Waals surface area (Å²) in [5, 5.41) is 13.1. The maximum Gasteiger partial charge on any atom is 1.00 e. The van der Waals surface area contributed by atoms with Crippen LogP contribution >= 0.6 is 11.6 Å². The van der Waals surface area contributed by atoms with Crippen LogP contribution in [0.3, 0.4) is 0 Å². The van der Waals surface area contributed by atoms with Crippen LogP contribution in [0.5, 0.6) is 5.75 Å². The van der Waals surface area contributed by atoms with Crippen molar-refractivity contribution < 1.29 is 198 Å². The average molecular weight is 850 g/mol. The summed E-state index contributed by atoms with van der Waals surface area (Å²) in [5.41, 5.74) is 1.21. The van der Waals surface area contributed by atoms with Gasteiger partial charge in [-0.15, -0.1) is 5.11 Å². The van der Waals surface area contributed by atoms with Crippen molar-refractivity contribution in [3.05, 3.63) is 77.6 Å². The van der Waals surface area contributed by atoms with Crippen LogP contribution in [-0.2, 0) is 30.4 Å². The molecular weight excluding hydrogens is 831 g/mol. The van der Waals surface area contributed by atoms with Gasteiger partial charge in [-0.3, -0.25) is 0 Å². The van der Waals surface area contributed by atoms with E-state index in [1.165, 1.54) is 37.4 Å². The third-order valence-corrected chi connectivity index (χ3v) is 9.28. The number of aryl methyl sites for hydroxylation is 1. The second kappa shape index (κ2) is 19.3. The Hall–Kier alpha value is 0.0791. The quantitative estimate of drug-likeness (QED) is 0.0764. The topological polar surface area (TPSA) is 268 Å². The molecule has 0 spiro atoms. The molecule has 0 atom stereocenters. The molecule has 1 heterocycles. The van der Waals surface area contributed by atoms with Crippen molar-refractivity contribution >= 4 is 87.4 Å². The number of anilines is 4. The maximum atomic E-state index is 12.0. The summed E-state index contributed by atoms with van der Waals surface area (Å²) in [7, 11) is -13.5. The number of methoxy groups -OCH3 is 1. The van der Waals surface area contributed by atoms with Crippen LogP contribution in [0.15, 0.2) is 91.6 Å². The molecule has 0 unspecified atom stereocenters. The number of nitrogens with one attached hydrogen (secondary N) is 2. The molecule has 51 heavy (non-hydrogen) atoms. The second-order valence-electron chi connectivity index (χ2n) is 9.72. The van der Waals surface area contributed by atoms with Gasteiger partial charge in [0.2, 0.25) is 17.2 Å². The first kappa shape index (κ1) is 47.2. The second-order valence-corrected chi connectivity index (χ2v) is 14.1. The van der Waals surface area contributed by atoms with E-state index in [1.54, 1.807) is 6.92 Å². The number of nitrogens with zero attached hydrogens (tertiary/aromatic N) is 5. The molecule has 250 valence electrons. The third kappa shape index (κ3) is 12.3. The Morgan fingerprint density at radius 3 is 1.88 bits per heavy atom. The standard InChI is InChI=1S/C27H22ClN7O10S3.3K/c1-14-10-21(35-34-16-11-19-18(24(12-16)48(42,43)44)4-3-5-23(19)47(39,40)41)22(45-2)13-20(14)30-27-32-25(28)31-26(33-27)29-15-6-8-17(9-7-15)46(36,37)38;;;/h3-13H,1-2H3,(H,36,37,38)(H,39,40,41)(H,42,43,44)(H2,29,30,31,32,33);;;/q;3*+1/p-3. The van der Waals surface area contributed by atoms with Gasteiger partial charge in [0.1, 0.15) is 41.8 Å². The fourth-order valence-electron chi connectivity index (χ4n) is 4.37. The van der Waals surface area contributed by atoms with E-state index in [9.17, 15) is 38.9 Å². The van der Waals surface area contributed by atoms with Crippen molar-refractivity contribution in [3.63, 3.8) is 0 Å². The maximum absolute atomic E-state index is 12.0. The van der Waals surface area contributed by atoms with E-state index in [2.05, 4.69) is 35.8 Å². The van der Waals surface area contributed by atoms with Gasteiger partial charge in [0.15, 0.2) is 0 Å². The van der Waals surface area contributed by atoms with E-state index in [4.69, 9.17) is 16.3 Å². The molecule has 0 aliphatic rings. The molecule has 0 saturated carbocycles. The van der Waals surface area contributed by atoms with E-state index >= 15 is 0 Å². The molecule has 2 N–H and O–H groups in total. The van der Waals surface area contributed by atoms with Crippen molar-refractivity contribution in [1.29, 1.82) is 0 Å². The zero-order valence-corrected chi connectivity index (χ0v) is 39.8. The molecule has 0 aliphatic carbocycles. The SMILES string of the molecule is COc1cc(Nc2nc(Cl)nc(Nc3ccc(S(=O)(=O)[O-])cc3)n2)c(C)cc1N=Nc1cc(S(=O)(=O)[O-])c2cccc(S(=O)(=O)[O-])c2c1.[K+].[K+].[K+]. The Morgan fingerprint density at radius 1 is 0.706 bits per heavy atom. The molecule has 5 aromatic rings. The summed E-state index contributed by atoms with van der Waals surface area (Å²) >= 11 is 6.08. The van der Waals surface area contributed by atoms with Gasteiger partial charge >= 0.3 is 154 Å². The van der Waals surface area contributed by atoms with E-state index in [0.717, 1.165) is 36.4 Å². The molecule has 17 nitrogen and oxygen atoms in total. The summed E-state index contributed by atoms with van der Waals surface area (Å²) in [6.45, 7) is 1.68. The number of aromatic nitrogens is 3. The van der Waals surface area contributed by atoms with Crippen LogP contribution in [-0.4, -0.2) is 61.0 Å². The van der Waals surface area contributed by atoms with Crippen molar-refractivity contribution in [2.45, 2.75) is 21.6 Å². The van der Waals surface area contributed by atoms with Crippen LogP contribution in [0.25, 0.3) is 10.8 Å². The van der Waals surface area contributed by atoms with Crippen LogP contribution in [0.2, 0.25) is 5.28 Å². The molecule has 0 saturated heterocycles. The first-order valence-corrected chi connectivity index (χ1v) is 17.6. The minimum Gasteiger partial charge on any atom is -0.744 e. The van der Waals surface area contributed by atoms with E-state index in [1.807, 2.05) is 0 Å². The first-order chi connectivity index (χ1) is 22.4. The Labute approximate surface area is 424 Å². The van der Waals surface area contributed by atoms with Crippen molar-refractivity contribution in [2.24, 2.45) is 10.2 Å². The zero-order valence-electron chi connectivity index (χ0n) is 27.3. The van der Waals surface area contributed by atoms with Crippen LogP contribution in [0.1, 0.15) is 5.56 Å².